The number of amides is 1. The number of aromatic nitrogens is 4. The summed E-state index contributed by atoms with van der Waals surface area (Å²) in [6.45, 7) is 5.63. The predicted molar refractivity (Wildman–Crippen MR) is 127 cm³/mol. The summed E-state index contributed by atoms with van der Waals surface area (Å²) in [5.41, 5.74) is 6.86. The molecule has 1 atom stereocenters. The maximum absolute atomic E-state index is 13.5. The number of carbonyl (C=O) groups is 2. The van der Waals surface area contributed by atoms with E-state index >= 15 is 0 Å². The number of ether oxygens (including phenoxy) is 1. The van der Waals surface area contributed by atoms with E-state index in [9.17, 15) is 14.4 Å². The van der Waals surface area contributed by atoms with E-state index in [0.717, 1.165) is 27.2 Å². The molecule has 0 spiro atoms. The molecular formula is C22H28N6O4S. The number of likely N-dealkylation sites (N-methyl/N-ethyl adjacent to an activating group) is 1. The van der Waals surface area contributed by atoms with Crippen molar-refractivity contribution in [1.82, 2.24) is 24.0 Å². The van der Waals surface area contributed by atoms with Crippen LogP contribution in [0.25, 0.3) is 11.2 Å². The van der Waals surface area contributed by atoms with Crippen LogP contribution in [-0.4, -0.2) is 61.5 Å². The zero-order valence-corrected chi connectivity index (χ0v) is 20.0. The Morgan fingerprint density at radius 2 is 1.91 bits per heavy atom. The molecule has 0 saturated carbocycles. The van der Waals surface area contributed by atoms with Gasteiger partial charge in [0.2, 0.25) is 0 Å². The van der Waals surface area contributed by atoms with E-state index in [1.807, 2.05) is 37.3 Å². The highest BCUT2D eigenvalue weighted by molar-refractivity contribution is 7.99. The second kappa shape index (κ2) is 10.5. The zero-order valence-electron chi connectivity index (χ0n) is 19.1. The van der Waals surface area contributed by atoms with Gasteiger partial charge in [0.05, 0.1) is 13.2 Å². The lowest BCUT2D eigenvalue weighted by atomic mass is 10.2. The molecule has 0 aliphatic carbocycles. The van der Waals surface area contributed by atoms with Gasteiger partial charge in [0, 0.05) is 12.8 Å². The number of nitrogen functional groups attached to an aromatic ring is 1. The third-order valence-electron chi connectivity index (χ3n) is 5.09. The average molecular weight is 473 g/mol. The van der Waals surface area contributed by atoms with Gasteiger partial charge in [-0.1, -0.05) is 49.0 Å². The molecule has 176 valence electrons. The molecule has 0 aliphatic rings. The van der Waals surface area contributed by atoms with Gasteiger partial charge in [-0.3, -0.25) is 4.57 Å². The van der Waals surface area contributed by atoms with Crippen molar-refractivity contribution >= 4 is 40.7 Å². The molecule has 2 heterocycles. The van der Waals surface area contributed by atoms with E-state index in [1.54, 1.807) is 6.92 Å². The van der Waals surface area contributed by atoms with Crippen LogP contribution >= 0.6 is 11.8 Å². The van der Waals surface area contributed by atoms with E-state index in [4.69, 9.17) is 10.5 Å². The van der Waals surface area contributed by atoms with Crippen molar-refractivity contribution in [2.45, 2.75) is 44.9 Å². The van der Waals surface area contributed by atoms with Crippen LogP contribution in [0.15, 0.2) is 40.3 Å². The highest BCUT2D eigenvalue weighted by Crippen LogP contribution is 2.24. The minimum atomic E-state index is -0.904. The molecule has 10 nitrogen and oxygen atoms in total. The van der Waals surface area contributed by atoms with Crippen molar-refractivity contribution in [3.8, 4) is 0 Å². The normalized spacial score (nSPS) is 12.0. The van der Waals surface area contributed by atoms with Crippen molar-refractivity contribution < 1.29 is 14.3 Å². The SMILES string of the molecule is CCCSc1nc(N)c2c(n1)n(Cc1ccccc1)c(=O)n2C(=O)N(C)C(C)C(=O)OCC. The molecule has 0 aliphatic heterocycles. The number of anilines is 1. The number of carbonyl (C=O) groups excluding carboxylic acids is 2. The van der Waals surface area contributed by atoms with Gasteiger partial charge < -0.3 is 15.4 Å². The zero-order chi connectivity index (χ0) is 24.1. The van der Waals surface area contributed by atoms with Crippen LogP contribution in [0, 0.1) is 0 Å². The number of rotatable bonds is 8. The lowest BCUT2D eigenvalue weighted by Gasteiger charge is -2.23. The summed E-state index contributed by atoms with van der Waals surface area (Å²) < 4.78 is 7.34. The van der Waals surface area contributed by atoms with Crippen molar-refractivity contribution in [2.24, 2.45) is 0 Å². The molecule has 11 heteroatoms. The molecule has 3 rings (SSSR count). The molecule has 2 aromatic heterocycles. The topological polar surface area (TPSA) is 125 Å². The summed E-state index contributed by atoms with van der Waals surface area (Å²) in [4.78, 5) is 49.0. The van der Waals surface area contributed by atoms with Gasteiger partial charge in [0.25, 0.3) is 0 Å². The molecule has 2 N–H and O–H groups in total. The number of nitrogens with two attached hydrogens (primary N) is 1. The number of hydrogen-bond acceptors (Lipinski definition) is 8. The maximum atomic E-state index is 13.5. The number of benzene rings is 1. The highest BCUT2D eigenvalue weighted by atomic mass is 32.2. The van der Waals surface area contributed by atoms with E-state index in [1.165, 1.54) is 30.3 Å². The first-order valence-corrected chi connectivity index (χ1v) is 11.7. The van der Waals surface area contributed by atoms with Crippen molar-refractivity contribution in [2.75, 3.05) is 25.1 Å². The highest BCUT2D eigenvalue weighted by Gasteiger charge is 2.30. The summed E-state index contributed by atoms with van der Waals surface area (Å²) in [5.74, 6) is 0.234. The Labute approximate surface area is 195 Å². The van der Waals surface area contributed by atoms with Gasteiger partial charge in [-0.25, -0.2) is 28.9 Å². The largest absolute Gasteiger partial charge is 0.464 e. The monoisotopic (exact) mass is 472 g/mol. The van der Waals surface area contributed by atoms with Crippen LogP contribution in [0.1, 0.15) is 32.8 Å². The molecule has 1 aromatic carbocycles. The number of thioether (sulfide) groups is 1. The molecular weight excluding hydrogens is 444 g/mol. The second-order valence-electron chi connectivity index (χ2n) is 7.42. The van der Waals surface area contributed by atoms with E-state index < -0.39 is 23.7 Å². The summed E-state index contributed by atoms with van der Waals surface area (Å²) >= 11 is 1.43. The summed E-state index contributed by atoms with van der Waals surface area (Å²) in [7, 11) is 1.43. The van der Waals surface area contributed by atoms with Crippen LogP contribution in [-0.2, 0) is 16.1 Å². The third kappa shape index (κ3) is 5.03. The molecule has 0 fully saturated rings. The molecule has 0 bridgehead atoms. The Kier molecular flexibility index (Phi) is 7.75. The Balaban J connectivity index is 2.16. The third-order valence-corrected chi connectivity index (χ3v) is 6.15. The predicted octanol–water partition coefficient (Wildman–Crippen LogP) is 2.58. The molecule has 1 unspecified atom stereocenters. The van der Waals surface area contributed by atoms with E-state index in [2.05, 4.69) is 9.97 Å². The smallest absolute Gasteiger partial charge is 0.339 e. The van der Waals surface area contributed by atoms with E-state index in [-0.39, 0.29) is 30.1 Å². The minimum absolute atomic E-state index is 0.0213. The number of hydrogen-bond donors (Lipinski definition) is 1. The lowest BCUT2D eigenvalue weighted by molar-refractivity contribution is -0.147. The van der Waals surface area contributed by atoms with Gasteiger partial charge in [-0.15, -0.1) is 0 Å². The second-order valence-corrected chi connectivity index (χ2v) is 8.49. The summed E-state index contributed by atoms with van der Waals surface area (Å²) in [5, 5.41) is 0.432. The molecule has 33 heavy (non-hydrogen) atoms. The van der Waals surface area contributed by atoms with Crippen LogP contribution < -0.4 is 11.4 Å². The minimum Gasteiger partial charge on any atom is -0.464 e. The Morgan fingerprint density at radius 1 is 1.21 bits per heavy atom. The van der Waals surface area contributed by atoms with Gasteiger partial charge in [0.1, 0.15) is 11.6 Å². The van der Waals surface area contributed by atoms with Crippen molar-refractivity contribution in [3.63, 3.8) is 0 Å². The fourth-order valence-corrected chi connectivity index (χ4v) is 3.94. The Bertz CT molecular complexity index is 1210. The molecule has 3 aromatic rings. The van der Waals surface area contributed by atoms with E-state index in [0.29, 0.717) is 5.16 Å². The maximum Gasteiger partial charge on any atom is 0.339 e. The lowest BCUT2D eigenvalue weighted by Crippen LogP contribution is -2.46. The van der Waals surface area contributed by atoms with Crippen molar-refractivity contribution in [3.05, 3.63) is 46.4 Å². The number of nitrogens with zero attached hydrogens (tertiary/aromatic N) is 5. The summed E-state index contributed by atoms with van der Waals surface area (Å²) in [6.07, 6.45) is 0.916. The fraction of sp³-hybridized carbons (Fsp3) is 0.409. The number of imidazole rings is 1. The first-order chi connectivity index (χ1) is 15.8. The van der Waals surface area contributed by atoms with Gasteiger partial charge in [-0.05, 0) is 25.8 Å². The molecule has 0 radical (unpaired) electrons. The van der Waals surface area contributed by atoms with Crippen LogP contribution in [0.4, 0.5) is 10.6 Å². The Morgan fingerprint density at radius 3 is 2.55 bits per heavy atom. The fourth-order valence-electron chi connectivity index (χ4n) is 3.24. The number of fused-ring (bicyclic) bond motifs is 1. The first-order valence-electron chi connectivity index (χ1n) is 10.7. The average Bonchev–Trinajstić information content (AvgIpc) is 3.08. The standard InChI is InChI=1S/C22H28N6O4S/c1-5-12-33-20-24-17(23)16-18(25-20)27(13-15-10-8-7-9-11-15)22(31)28(16)21(30)26(4)14(3)19(29)32-6-2/h7-11,14H,5-6,12-13H2,1-4H3,(H2,23,24,25). The quantitative estimate of drug-likeness (QED) is 0.301. The van der Waals surface area contributed by atoms with Crippen molar-refractivity contribution in [1.29, 1.82) is 0 Å². The van der Waals surface area contributed by atoms with Gasteiger partial charge in [-0.2, -0.15) is 0 Å². The van der Waals surface area contributed by atoms with Gasteiger partial charge >= 0.3 is 17.7 Å². The van der Waals surface area contributed by atoms with Crippen LogP contribution in [0.3, 0.4) is 0 Å². The Hall–Kier alpha value is -3.34. The first kappa shape index (κ1) is 24.3. The summed E-state index contributed by atoms with van der Waals surface area (Å²) in [6, 6.07) is 7.74. The van der Waals surface area contributed by atoms with Crippen LogP contribution in [0.5, 0.6) is 0 Å². The number of esters is 1. The van der Waals surface area contributed by atoms with Crippen LogP contribution in [0.2, 0.25) is 0 Å². The van der Waals surface area contributed by atoms with Gasteiger partial charge in [0.15, 0.2) is 16.6 Å². The molecule has 0 saturated heterocycles. The molecule has 1 amide bonds.